The van der Waals surface area contributed by atoms with E-state index in [9.17, 15) is 14.4 Å². The van der Waals surface area contributed by atoms with Crippen molar-refractivity contribution in [1.82, 2.24) is 15.2 Å². The van der Waals surface area contributed by atoms with Crippen LogP contribution in [0.4, 0.5) is 5.69 Å². The van der Waals surface area contributed by atoms with Gasteiger partial charge in [-0.2, -0.15) is 0 Å². The third kappa shape index (κ3) is 4.97. The van der Waals surface area contributed by atoms with Gasteiger partial charge in [-0.05, 0) is 25.3 Å². The summed E-state index contributed by atoms with van der Waals surface area (Å²) in [5, 5.41) is 11.5. The average molecular weight is 442 g/mol. The number of halogens is 2. The van der Waals surface area contributed by atoms with Crippen molar-refractivity contribution < 1.29 is 19.8 Å². The van der Waals surface area contributed by atoms with Crippen LogP contribution in [-0.4, -0.2) is 63.3 Å². The Bertz CT molecular complexity index is 847. The highest BCUT2D eigenvalue weighted by Crippen LogP contribution is 2.52. The first-order valence-corrected chi connectivity index (χ1v) is 10.0. The predicted octanol–water partition coefficient (Wildman–Crippen LogP) is -1.17. The summed E-state index contributed by atoms with van der Waals surface area (Å²) < 4.78 is -0.756. The second-order valence-corrected chi connectivity index (χ2v) is 8.75. The van der Waals surface area contributed by atoms with Gasteiger partial charge in [0.2, 0.25) is 11.8 Å². The zero-order chi connectivity index (χ0) is 21.2. The second-order valence-electron chi connectivity index (χ2n) is 7.21. The number of primary amides is 1. The van der Waals surface area contributed by atoms with Crippen molar-refractivity contribution >= 4 is 52.3 Å². The average Bonchev–Trinajstić information content (AvgIpc) is 3.07. The standard InChI is InChI=1S/C18H22Cl2N6O3/c19-18(20)6-10(18)7-25-17(29)13-2-1-5-26(13)14(27)9-24-12-8-23-4-3-11(12)15(21)16(22)28/h3-4,8,10,13,21,24H,1-2,5-7,9H2,(H2,22,28)(H,25,29)/p+1/t10-,13+/m1/s1. The first-order chi connectivity index (χ1) is 13.7. The lowest BCUT2D eigenvalue weighted by atomic mass is 10.1. The molecule has 0 unspecified atom stereocenters. The molecular weight excluding hydrogens is 419 g/mol. The van der Waals surface area contributed by atoms with Crippen LogP contribution in [0.15, 0.2) is 18.5 Å². The normalized spacial score (nSPS) is 22.1. The van der Waals surface area contributed by atoms with Crippen LogP contribution in [0.3, 0.4) is 0 Å². The second kappa shape index (κ2) is 8.54. The first-order valence-electron chi connectivity index (χ1n) is 9.26. The topological polar surface area (TPSA) is 143 Å². The molecule has 156 valence electrons. The van der Waals surface area contributed by atoms with Crippen LogP contribution >= 0.6 is 23.2 Å². The number of pyridine rings is 1. The Morgan fingerprint density at radius 2 is 2.10 bits per heavy atom. The Morgan fingerprint density at radius 3 is 2.76 bits per heavy atom. The number of nitrogens with two attached hydrogens (primary N) is 2. The Morgan fingerprint density at radius 1 is 1.38 bits per heavy atom. The maximum atomic E-state index is 12.7. The van der Waals surface area contributed by atoms with Crippen molar-refractivity contribution in [3.05, 3.63) is 24.0 Å². The van der Waals surface area contributed by atoms with Gasteiger partial charge in [0.15, 0.2) is 0 Å². The lowest BCUT2D eigenvalue weighted by molar-refractivity contribution is -0.137. The molecule has 1 saturated heterocycles. The number of amides is 3. The van der Waals surface area contributed by atoms with Gasteiger partial charge in [-0.25, -0.2) is 5.41 Å². The quantitative estimate of drug-likeness (QED) is 0.296. The summed E-state index contributed by atoms with van der Waals surface area (Å²) in [6.45, 7) is 0.805. The van der Waals surface area contributed by atoms with Gasteiger partial charge in [0.25, 0.3) is 5.71 Å². The minimum absolute atomic E-state index is 0.0398. The fourth-order valence-corrected chi connectivity index (χ4v) is 3.87. The number of anilines is 1. The molecule has 29 heavy (non-hydrogen) atoms. The lowest BCUT2D eigenvalue weighted by Crippen LogP contribution is -2.49. The van der Waals surface area contributed by atoms with Crippen molar-refractivity contribution in [2.45, 2.75) is 29.6 Å². The van der Waals surface area contributed by atoms with Gasteiger partial charge in [0, 0.05) is 25.2 Å². The number of nitrogens with zero attached hydrogens (tertiary/aromatic N) is 2. The zero-order valence-corrected chi connectivity index (χ0v) is 17.2. The molecule has 0 spiro atoms. The van der Waals surface area contributed by atoms with Crippen molar-refractivity contribution in [2.75, 3.05) is 25.0 Å². The number of likely N-dealkylation sites (tertiary alicyclic amines) is 1. The third-order valence-electron chi connectivity index (χ3n) is 5.16. The van der Waals surface area contributed by atoms with E-state index >= 15 is 0 Å². The van der Waals surface area contributed by atoms with E-state index in [-0.39, 0.29) is 30.0 Å². The molecule has 11 heteroatoms. The Hall–Kier alpha value is -2.39. The molecule has 2 aliphatic rings. The molecule has 9 nitrogen and oxygen atoms in total. The van der Waals surface area contributed by atoms with Crippen LogP contribution in [-0.2, 0) is 14.4 Å². The van der Waals surface area contributed by atoms with Gasteiger partial charge in [-0.15, -0.1) is 23.2 Å². The summed E-state index contributed by atoms with van der Waals surface area (Å²) in [5.41, 5.74) is 5.88. The molecule has 1 saturated carbocycles. The summed E-state index contributed by atoms with van der Waals surface area (Å²) in [5.74, 6) is -1.18. The highest BCUT2D eigenvalue weighted by atomic mass is 35.5. The van der Waals surface area contributed by atoms with E-state index in [1.165, 1.54) is 18.5 Å². The van der Waals surface area contributed by atoms with Gasteiger partial charge in [0.05, 0.1) is 24.0 Å². The van der Waals surface area contributed by atoms with E-state index in [0.29, 0.717) is 37.2 Å². The number of carbonyl (C=O) groups is 3. The third-order valence-corrected chi connectivity index (χ3v) is 6.09. The number of aromatic nitrogens is 1. The molecule has 3 rings (SSSR count). The van der Waals surface area contributed by atoms with Crippen molar-refractivity contribution in [1.29, 1.82) is 0 Å². The maximum absolute atomic E-state index is 12.7. The summed E-state index contributed by atoms with van der Waals surface area (Å²) in [6.07, 6.45) is 4.90. The van der Waals surface area contributed by atoms with Crippen molar-refractivity contribution in [3.8, 4) is 0 Å². The summed E-state index contributed by atoms with van der Waals surface area (Å²) >= 11 is 12.0. The van der Waals surface area contributed by atoms with Gasteiger partial charge in [-0.3, -0.25) is 19.4 Å². The molecular formula is C18H23Cl2N6O3+. The zero-order valence-electron chi connectivity index (χ0n) is 15.7. The molecule has 0 aromatic carbocycles. The molecule has 2 fully saturated rings. The summed E-state index contributed by atoms with van der Waals surface area (Å²) in [7, 11) is 0. The molecule has 1 aromatic heterocycles. The van der Waals surface area contributed by atoms with E-state index < -0.39 is 16.3 Å². The van der Waals surface area contributed by atoms with Crippen molar-refractivity contribution in [3.63, 3.8) is 0 Å². The van der Waals surface area contributed by atoms with Crippen molar-refractivity contribution in [2.24, 2.45) is 11.7 Å². The fraction of sp³-hybridized carbons (Fsp3) is 0.500. The van der Waals surface area contributed by atoms with Gasteiger partial charge >= 0.3 is 5.91 Å². The predicted molar refractivity (Wildman–Crippen MR) is 108 cm³/mol. The lowest BCUT2D eigenvalue weighted by Gasteiger charge is -2.24. The Balaban J connectivity index is 1.57. The fourth-order valence-electron chi connectivity index (χ4n) is 3.35. The highest BCUT2D eigenvalue weighted by molar-refractivity contribution is 6.50. The number of carbonyl (C=O) groups excluding carboxylic acids is 3. The van der Waals surface area contributed by atoms with E-state index in [0.717, 1.165) is 6.42 Å². The SMILES string of the molecule is NC(=O)C(=[NH2+])c1ccncc1NCC(=O)N1CCC[C@H]1C(=O)NC[C@H]1CC1(Cl)Cl. The van der Waals surface area contributed by atoms with Gasteiger partial charge < -0.3 is 21.3 Å². The molecule has 2 atom stereocenters. The Kier molecular flexibility index (Phi) is 6.28. The molecule has 1 aliphatic carbocycles. The summed E-state index contributed by atoms with van der Waals surface area (Å²) in [6, 6.07) is 1.00. The number of rotatable bonds is 8. The van der Waals surface area contributed by atoms with Crippen LogP contribution in [0.2, 0.25) is 0 Å². The van der Waals surface area contributed by atoms with E-state index in [2.05, 4.69) is 15.6 Å². The number of nitrogens with one attached hydrogen (secondary N) is 2. The van der Waals surface area contributed by atoms with Crippen LogP contribution in [0.5, 0.6) is 0 Å². The van der Waals surface area contributed by atoms with Crippen LogP contribution < -0.4 is 21.8 Å². The monoisotopic (exact) mass is 441 g/mol. The van der Waals surface area contributed by atoms with E-state index in [4.69, 9.17) is 34.3 Å². The van der Waals surface area contributed by atoms with E-state index in [1.54, 1.807) is 4.90 Å². The van der Waals surface area contributed by atoms with Gasteiger partial charge in [0.1, 0.15) is 10.4 Å². The summed E-state index contributed by atoms with van der Waals surface area (Å²) in [4.78, 5) is 42.1. The smallest absolute Gasteiger partial charge is 0.313 e. The van der Waals surface area contributed by atoms with Crippen LogP contribution in [0.25, 0.3) is 0 Å². The molecule has 0 radical (unpaired) electrons. The van der Waals surface area contributed by atoms with Crippen LogP contribution in [0, 0.1) is 5.92 Å². The number of hydrogen-bond acceptors (Lipinski definition) is 5. The maximum Gasteiger partial charge on any atom is 0.313 e. The Labute approximate surface area is 177 Å². The first kappa shape index (κ1) is 21.3. The van der Waals surface area contributed by atoms with Crippen LogP contribution in [0.1, 0.15) is 24.8 Å². The molecule has 6 N–H and O–H groups in total. The number of alkyl halides is 2. The molecule has 0 bridgehead atoms. The highest BCUT2D eigenvalue weighted by Gasteiger charge is 2.51. The molecule has 2 heterocycles. The van der Waals surface area contributed by atoms with E-state index in [1.807, 2.05) is 0 Å². The molecule has 1 aliphatic heterocycles. The number of hydrogen-bond donors (Lipinski definition) is 4. The largest absolute Gasteiger partial charge is 0.374 e. The minimum Gasteiger partial charge on any atom is -0.374 e. The van der Waals surface area contributed by atoms with Gasteiger partial charge in [-0.1, -0.05) is 0 Å². The molecule has 1 aromatic rings. The molecule has 3 amide bonds. The minimum atomic E-state index is -0.768.